The fourth-order valence-electron chi connectivity index (χ4n) is 3.01. The minimum Gasteiger partial charge on any atom is -0.365 e. The van der Waals surface area contributed by atoms with Crippen molar-refractivity contribution in [3.05, 3.63) is 114 Å². The molecule has 0 aliphatic rings. The van der Waals surface area contributed by atoms with Gasteiger partial charge < -0.3 is 4.74 Å². The minimum absolute atomic E-state index is 0.0252. The fourth-order valence-corrected chi connectivity index (χ4v) is 5.51. The summed E-state index contributed by atoms with van der Waals surface area (Å²) >= 11 is 3.35. The van der Waals surface area contributed by atoms with Crippen molar-refractivity contribution in [3.63, 3.8) is 0 Å². The predicted octanol–water partition coefficient (Wildman–Crippen LogP) is 6.35. The molecule has 4 rings (SSSR count). The zero-order chi connectivity index (χ0) is 21.3. The molecule has 0 saturated carbocycles. The lowest BCUT2D eigenvalue weighted by molar-refractivity contribution is 0.0479. The summed E-state index contributed by atoms with van der Waals surface area (Å²) in [5.74, 6) is 0. The fraction of sp³-hybridized carbons (Fsp3) is 0.160. The van der Waals surface area contributed by atoms with Gasteiger partial charge in [-0.15, -0.1) is 0 Å². The lowest BCUT2D eigenvalue weighted by Crippen LogP contribution is -2.18. The predicted molar refractivity (Wildman–Crippen MR) is 127 cm³/mol. The average molecular weight is 446 g/mol. The maximum atomic E-state index is 6.52. The van der Waals surface area contributed by atoms with Gasteiger partial charge >= 0.3 is 0 Å². The zero-order valence-electron chi connectivity index (χ0n) is 17.2. The highest BCUT2D eigenvalue weighted by Gasteiger charge is 2.29. The molecule has 0 bridgehead atoms. The first-order valence-corrected chi connectivity index (χ1v) is 11.8. The Bertz CT molecular complexity index is 1020. The van der Waals surface area contributed by atoms with E-state index in [9.17, 15) is 0 Å². The number of hydrogen-bond acceptors (Lipinski definition) is 6. The Morgan fingerprint density at radius 2 is 1.39 bits per heavy atom. The summed E-state index contributed by atoms with van der Waals surface area (Å²) in [5, 5.41) is 1.88. The average Bonchev–Trinajstić information content (AvgIpc) is 2.81. The van der Waals surface area contributed by atoms with Crippen molar-refractivity contribution in [1.29, 1.82) is 0 Å². The minimum atomic E-state index is -0.251. The number of hydrogen-bond donors (Lipinski definition) is 0. The van der Waals surface area contributed by atoms with Crippen LogP contribution in [-0.4, -0.2) is 19.5 Å². The molecule has 4 nitrogen and oxygen atoms in total. The molecule has 0 saturated heterocycles. The zero-order valence-corrected chi connectivity index (χ0v) is 18.8. The largest absolute Gasteiger partial charge is 0.365 e. The number of pyridine rings is 3. The molecule has 0 amide bonds. The number of aromatic nitrogens is 3. The van der Waals surface area contributed by atoms with Gasteiger partial charge in [-0.3, -0.25) is 4.98 Å². The van der Waals surface area contributed by atoms with Crippen LogP contribution in [0.25, 0.3) is 0 Å². The van der Waals surface area contributed by atoms with Gasteiger partial charge in [-0.25, -0.2) is 9.97 Å². The smallest absolute Gasteiger partial charge is 0.122 e. The Labute approximate surface area is 191 Å². The van der Waals surface area contributed by atoms with Crippen LogP contribution in [0.1, 0.15) is 23.1 Å². The molecule has 0 spiro atoms. The molecule has 0 radical (unpaired) electrons. The Morgan fingerprint density at radius 1 is 0.742 bits per heavy atom. The lowest BCUT2D eigenvalue weighted by Gasteiger charge is -2.26. The van der Waals surface area contributed by atoms with Gasteiger partial charge in [0, 0.05) is 18.1 Å². The number of benzene rings is 1. The molecule has 0 fully saturated rings. The molecule has 1 unspecified atom stereocenters. The van der Waals surface area contributed by atoms with E-state index in [-0.39, 0.29) is 10.7 Å². The number of thioether (sulfide) groups is 2. The molecule has 31 heavy (non-hydrogen) atoms. The first-order chi connectivity index (χ1) is 15.3. The van der Waals surface area contributed by atoms with Gasteiger partial charge in [0.1, 0.15) is 6.10 Å². The van der Waals surface area contributed by atoms with Crippen LogP contribution in [0.4, 0.5) is 0 Å². The Hall–Kier alpha value is -2.67. The van der Waals surface area contributed by atoms with E-state index in [1.807, 2.05) is 92.1 Å². The van der Waals surface area contributed by atoms with Crippen molar-refractivity contribution in [2.45, 2.75) is 34.3 Å². The third-order valence-corrected chi connectivity index (χ3v) is 6.97. The van der Waals surface area contributed by atoms with E-state index in [2.05, 4.69) is 22.1 Å². The first kappa shape index (κ1) is 21.6. The van der Waals surface area contributed by atoms with E-state index in [0.29, 0.717) is 6.61 Å². The Morgan fingerprint density at radius 3 is 1.97 bits per heavy atom. The van der Waals surface area contributed by atoms with Gasteiger partial charge in [-0.05, 0) is 48.9 Å². The van der Waals surface area contributed by atoms with Crippen LogP contribution < -0.4 is 0 Å². The number of ether oxygens (including phenoxy) is 1. The maximum Gasteiger partial charge on any atom is 0.122 e. The molecule has 4 aromatic rings. The monoisotopic (exact) mass is 445 g/mol. The van der Waals surface area contributed by atoms with Gasteiger partial charge in [0.15, 0.2) is 0 Å². The summed E-state index contributed by atoms with van der Waals surface area (Å²) in [6.07, 6.45) is 3.38. The summed E-state index contributed by atoms with van der Waals surface area (Å²) in [7, 11) is 0. The number of aryl methyl sites for hydroxylation is 1. The second kappa shape index (κ2) is 11.1. The highest BCUT2D eigenvalue weighted by molar-refractivity contribution is 8.17. The van der Waals surface area contributed by atoms with E-state index in [4.69, 9.17) is 9.72 Å². The number of nitrogens with zero attached hydrogens (tertiary/aromatic N) is 3. The van der Waals surface area contributed by atoms with E-state index < -0.39 is 0 Å². The maximum absolute atomic E-state index is 6.52. The summed E-state index contributed by atoms with van der Waals surface area (Å²) in [5.41, 5.74) is 3.01. The topological polar surface area (TPSA) is 47.9 Å². The summed E-state index contributed by atoms with van der Waals surface area (Å²) in [6, 6.07) is 28.2. The normalized spacial score (nSPS) is 12.1. The molecule has 1 atom stereocenters. The van der Waals surface area contributed by atoms with Crippen LogP contribution in [0.2, 0.25) is 0 Å². The third kappa shape index (κ3) is 6.40. The SMILES string of the molecule is Cc1cccc(C(OCc2ccccc2)C(Sc2ccccn2)Sc2ccccn2)n1. The molecule has 0 aliphatic heterocycles. The molecule has 1 aromatic carbocycles. The van der Waals surface area contributed by atoms with Crippen LogP contribution in [-0.2, 0) is 11.3 Å². The summed E-state index contributed by atoms with van der Waals surface area (Å²) in [6.45, 7) is 2.51. The lowest BCUT2D eigenvalue weighted by atomic mass is 10.2. The molecule has 3 aromatic heterocycles. The quantitative estimate of drug-likeness (QED) is 0.221. The van der Waals surface area contributed by atoms with Crippen molar-refractivity contribution in [2.75, 3.05) is 0 Å². The summed E-state index contributed by atoms with van der Waals surface area (Å²) < 4.78 is 6.49. The summed E-state index contributed by atoms with van der Waals surface area (Å²) in [4.78, 5) is 13.8. The molecular weight excluding hydrogens is 422 g/mol. The van der Waals surface area contributed by atoms with Crippen molar-refractivity contribution in [2.24, 2.45) is 0 Å². The van der Waals surface area contributed by atoms with Gasteiger partial charge in [0.25, 0.3) is 0 Å². The van der Waals surface area contributed by atoms with Crippen LogP contribution in [0.3, 0.4) is 0 Å². The molecular formula is C25H23N3OS2. The highest BCUT2D eigenvalue weighted by Crippen LogP contribution is 2.43. The third-order valence-electron chi connectivity index (χ3n) is 4.47. The molecule has 6 heteroatoms. The molecule has 0 N–H and O–H groups in total. The van der Waals surface area contributed by atoms with E-state index in [1.165, 1.54) is 0 Å². The van der Waals surface area contributed by atoms with Gasteiger partial charge in [-0.2, -0.15) is 0 Å². The standard InChI is InChI=1S/C25H23N3OS2/c1-19-10-9-13-21(28-19)24(29-18-20-11-3-2-4-12-20)25(30-22-14-5-7-16-26-22)31-23-15-6-8-17-27-23/h2-17,24-25H,18H2,1H3. The molecule has 0 aliphatic carbocycles. The Kier molecular flexibility index (Phi) is 7.71. The molecule has 3 heterocycles. The van der Waals surface area contributed by atoms with Crippen LogP contribution >= 0.6 is 23.5 Å². The van der Waals surface area contributed by atoms with E-state index in [1.54, 1.807) is 23.5 Å². The van der Waals surface area contributed by atoms with Crippen molar-refractivity contribution >= 4 is 23.5 Å². The van der Waals surface area contributed by atoms with Gasteiger partial charge in [-0.1, -0.05) is 72.1 Å². The van der Waals surface area contributed by atoms with Crippen LogP contribution in [0.15, 0.2) is 107 Å². The van der Waals surface area contributed by atoms with E-state index in [0.717, 1.165) is 27.0 Å². The van der Waals surface area contributed by atoms with E-state index >= 15 is 0 Å². The van der Waals surface area contributed by atoms with Gasteiger partial charge in [0.2, 0.25) is 0 Å². The second-order valence-corrected chi connectivity index (χ2v) is 9.48. The van der Waals surface area contributed by atoms with Gasteiger partial charge in [0.05, 0.1) is 26.9 Å². The highest BCUT2D eigenvalue weighted by atomic mass is 32.2. The molecule has 156 valence electrons. The van der Waals surface area contributed by atoms with Crippen molar-refractivity contribution in [3.8, 4) is 0 Å². The number of rotatable bonds is 9. The van der Waals surface area contributed by atoms with Crippen LogP contribution in [0.5, 0.6) is 0 Å². The first-order valence-electron chi connectivity index (χ1n) is 10.0. The van der Waals surface area contributed by atoms with Crippen LogP contribution in [0, 0.1) is 6.92 Å². The van der Waals surface area contributed by atoms with Crippen molar-refractivity contribution in [1.82, 2.24) is 15.0 Å². The van der Waals surface area contributed by atoms with Crippen molar-refractivity contribution < 1.29 is 4.74 Å². The Balaban J connectivity index is 1.66. The second-order valence-electron chi connectivity index (χ2n) is 6.86.